The van der Waals surface area contributed by atoms with Gasteiger partial charge in [0.25, 0.3) is 0 Å². The molecule has 0 atom stereocenters. The van der Waals surface area contributed by atoms with Crippen LogP contribution in [0, 0.1) is 13.8 Å². The van der Waals surface area contributed by atoms with Crippen molar-refractivity contribution in [2.45, 2.75) is 68.2 Å². The monoisotopic (exact) mass is 235 g/mol. The van der Waals surface area contributed by atoms with Crippen molar-refractivity contribution in [1.82, 2.24) is 0 Å². The van der Waals surface area contributed by atoms with Crippen molar-refractivity contribution >= 4 is 8.41 Å². The molecule has 0 N–H and O–H groups in total. The molecule has 0 amide bonds. The van der Waals surface area contributed by atoms with Crippen molar-refractivity contribution in [3.8, 4) is 0 Å². The Morgan fingerprint density at radius 1 is 0.706 bits per heavy atom. The zero-order chi connectivity index (χ0) is 13.4. The summed E-state index contributed by atoms with van der Waals surface area (Å²) in [5, 5.41) is 0. The second kappa shape index (κ2) is 24.5. The van der Waals surface area contributed by atoms with Crippen LogP contribution in [0.1, 0.15) is 65.5 Å². The van der Waals surface area contributed by atoms with Crippen LogP contribution in [0.3, 0.4) is 0 Å². The first-order valence-corrected chi connectivity index (χ1v) is 6.66. The van der Waals surface area contributed by atoms with Crippen molar-refractivity contribution in [3.63, 3.8) is 0 Å². The van der Waals surface area contributed by atoms with E-state index in [-0.39, 0.29) is 8.41 Å². The molecule has 0 fully saturated rings. The van der Waals surface area contributed by atoms with E-state index in [1.165, 1.54) is 24.0 Å². The fourth-order valence-corrected chi connectivity index (χ4v) is 0.663. The predicted molar refractivity (Wildman–Crippen MR) is 84.9 cm³/mol. The van der Waals surface area contributed by atoms with Gasteiger partial charge in [-0.3, -0.25) is 0 Å². The van der Waals surface area contributed by atoms with E-state index in [0.717, 1.165) is 0 Å². The Morgan fingerprint density at radius 2 is 0.882 bits per heavy atom. The van der Waals surface area contributed by atoms with Crippen LogP contribution in [0.15, 0.2) is 24.3 Å². The summed E-state index contributed by atoms with van der Waals surface area (Å²) in [5.74, 6) is 0. The molecular formula is C16H32B. The summed E-state index contributed by atoms with van der Waals surface area (Å²) >= 11 is 0. The average Bonchev–Trinajstić information content (AvgIpc) is 2.28. The second-order valence-corrected chi connectivity index (χ2v) is 3.50. The molecule has 17 heavy (non-hydrogen) atoms. The maximum Gasteiger partial charge on any atom is 0 e. The van der Waals surface area contributed by atoms with Crippen LogP contribution >= 0.6 is 0 Å². The SMILES string of the molecule is CC.CCC.CCC.Cc1ccccc1C.[B]. The summed E-state index contributed by atoms with van der Waals surface area (Å²) in [6.07, 6.45) is 2.50. The minimum Gasteiger partial charge on any atom is -0.0683 e. The van der Waals surface area contributed by atoms with E-state index in [9.17, 15) is 0 Å². The van der Waals surface area contributed by atoms with Gasteiger partial charge in [-0.15, -0.1) is 0 Å². The number of aryl methyl sites for hydroxylation is 2. The lowest BCUT2D eigenvalue weighted by atomic mass is 10.1. The number of hydrogen-bond donors (Lipinski definition) is 0. The lowest BCUT2D eigenvalue weighted by Crippen LogP contribution is -1.74. The van der Waals surface area contributed by atoms with Crippen molar-refractivity contribution < 1.29 is 0 Å². The Morgan fingerprint density at radius 3 is 1.00 bits per heavy atom. The van der Waals surface area contributed by atoms with Crippen LogP contribution in [0.5, 0.6) is 0 Å². The van der Waals surface area contributed by atoms with E-state index in [1.54, 1.807) is 0 Å². The summed E-state index contributed by atoms with van der Waals surface area (Å²) in [6.45, 7) is 16.7. The third-order valence-electron chi connectivity index (χ3n) is 1.43. The Bertz CT molecular complexity index is 183. The van der Waals surface area contributed by atoms with Crippen molar-refractivity contribution in [3.05, 3.63) is 35.4 Å². The molecule has 0 saturated carbocycles. The minimum absolute atomic E-state index is 0. The van der Waals surface area contributed by atoms with Gasteiger partial charge in [0.05, 0.1) is 0 Å². The molecule has 0 aliphatic heterocycles. The molecular weight excluding hydrogens is 203 g/mol. The highest BCUT2D eigenvalue weighted by atomic mass is 13.9. The highest BCUT2D eigenvalue weighted by Crippen LogP contribution is 2.02. The van der Waals surface area contributed by atoms with E-state index in [0.29, 0.717) is 0 Å². The van der Waals surface area contributed by atoms with Gasteiger partial charge in [-0.05, 0) is 25.0 Å². The molecule has 0 bridgehead atoms. The molecule has 0 heterocycles. The third kappa shape index (κ3) is 25.5. The standard InChI is InChI=1S/C8H10.2C3H8.C2H6.B/c1-7-5-3-4-6-8(7)2;2*1-3-2;1-2;/h3-6H,1-2H3;2*3H2,1-2H3;1-2H3;. The number of rotatable bonds is 0. The maximum absolute atomic E-state index is 2.12. The predicted octanol–water partition coefficient (Wildman–Crippen LogP) is 5.78. The molecule has 0 nitrogen and oxygen atoms in total. The first-order chi connectivity index (χ1) is 7.63. The fraction of sp³-hybridized carbons (Fsp3) is 0.625. The summed E-state index contributed by atoms with van der Waals surface area (Å²) in [5.41, 5.74) is 2.74. The van der Waals surface area contributed by atoms with E-state index in [4.69, 9.17) is 0 Å². The molecule has 0 aromatic heterocycles. The molecule has 0 unspecified atom stereocenters. The van der Waals surface area contributed by atoms with Gasteiger partial charge in [0.15, 0.2) is 0 Å². The van der Waals surface area contributed by atoms with Crippen molar-refractivity contribution in [2.75, 3.05) is 0 Å². The Labute approximate surface area is 112 Å². The average molecular weight is 235 g/mol. The zero-order valence-corrected chi connectivity index (χ0v) is 13.3. The Balaban J connectivity index is -0.0000000807. The van der Waals surface area contributed by atoms with E-state index in [2.05, 4.69) is 65.8 Å². The quantitative estimate of drug-likeness (QED) is 0.500. The van der Waals surface area contributed by atoms with E-state index in [1.807, 2.05) is 13.8 Å². The Kier molecular flexibility index (Phi) is 36.3. The van der Waals surface area contributed by atoms with Crippen molar-refractivity contribution in [1.29, 1.82) is 0 Å². The molecule has 1 aromatic carbocycles. The fourth-order valence-electron chi connectivity index (χ4n) is 0.663. The van der Waals surface area contributed by atoms with Gasteiger partial charge in [-0.25, -0.2) is 0 Å². The molecule has 3 radical (unpaired) electrons. The Hall–Kier alpha value is -0.715. The van der Waals surface area contributed by atoms with Gasteiger partial charge < -0.3 is 0 Å². The largest absolute Gasteiger partial charge is 0.0683 e. The molecule has 0 spiro atoms. The smallest absolute Gasteiger partial charge is 0 e. The molecule has 1 heteroatoms. The molecule has 0 aliphatic carbocycles. The van der Waals surface area contributed by atoms with Crippen LogP contribution in [-0.4, -0.2) is 8.41 Å². The van der Waals surface area contributed by atoms with Crippen LogP contribution in [0.25, 0.3) is 0 Å². The lowest BCUT2D eigenvalue weighted by Gasteiger charge is -1.93. The third-order valence-corrected chi connectivity index (χ3v) is 1.43. The normalized spacial score (nSPS) is 6.82. The molecule has 99 valence electrons. The highest BCUT2D eigenvalue weighted by molar-refractivity contribution is 5.75. The van der Waals surface area contributed by atoms with Gasteiger partial charge in [-0.2, -0.15) is 0 Å². The van der Waals surface area contributed by atoms with Crippen LogP contribution in [0.4, 0.5) is 0 Å². The summed E-state index contributed by atoms with van der Waals surface area (Å²) in [7, 11) is 0. The van der Waals surface area contributed by atoms with Crippen LogP contribution < -0.4 is 0 Å². The van der Waals surface area contributed by atoms with Crippen LogP contribution in [0.2, 0.25) is 0 Å². The summed E-state index contributed by atoms with van der Waals surface area (Å²) in [6, 6.07) is 8.36. The van der Waals surface area contributed by atoms with Gasteiger partial charge in [0, 0.05) is 8.41 Å². The van der Waals surface area contributed by atoms with Gasteiger partial charge in [-0.1, -0.05) is 78.6 Å². The first-order valence-electron chi connectivity index (χ1n) is 6.66. The van der Waals surface area contributed by atoms with Gasteiger partial charge in [0.1, 0.15) is 0 Å². The van der Waals surface area contributed by atoms with E-state index >= 15 is 0 Å². The second-order valence-electron chi connectivity index (χ2n) is 3.50. The summed E-state index contributed by atoms with van der Waals surface area (Å²) in [4.78, 5) is 0. The molecule has 0 saturated heterocycles. The first kappa shape index (κ1) is 25.2. The lowest BCUT2D eigenvalue weighted by molar-refractivity contribution is 1.09. The van der Waals surface area contributed by atoms with Gasteiger partial charge in [0.2, 0.25) is 0 Å². The zero-order valence-electron chi connectivity index (χ0n) is 13.3. The maximum atomic E-state index is 2.12. The molecule has 0 aliphatic rings. The molecule has 1 aromatic rings. The number of hydrogen-bond acceptors (Lipinski definition) is 0. The van der Waals surface area contributed by atoms with E-state index < -0.39 is 0 Å². The van der Waals surface area contributed by atoms with Crippen molar-refractivity contribution in [2.24, 2.45) is 0 Å². The summed E-state index contributed by atoms with van der Waals surface area (Å²) < 4.78 is 0. The number of benzene rings is 1. The van der Waals surface area contributed by atoms with Crippen LogP contribution in [-0.2, 0) is 0 Å². The van der Waals surface area contributed by atoms with Gasteiger partial charge >= 0.3 is 0 Å². The topological polar surface area (TPSA) is 0 Å². The molecule has 1 rings (SSSR count). The minimum atomic E-state index is 0. The highest BCUT2D eigenvalue weighted by Gasteiger charge is 1.83.